The number of aryl methyl sites for hydroxylation is 1. The van der Waals surface area contributed by atoms with Crippen molar-refractivity contribution in [2.24, 2.45) is 5.10 Å². The van der Waals surface area contributed by atoms with Crippen molar-refractivity contribution in [2.45, 2.75) is 13.5 Å². The van der Waals surface area contributed by atoms with Crippen molar-refractivity contribution in [3.05, 3.63) is 59.7 Å². The van der Waals surface area contributed by atoms with Gasteiger partial charge in [-0.15, -0.1) is 0 Å². The van der Waals surface area contributed by atoms with Crippen LogP contribution in [0.3, 0.4) is 0 Å². The Morgan fingerprint density at radius 2 is 1.77 bits per heavy atom. The van der Waals surface area contributed by atoms with E-state index in [9.17, 15) is 4.79 Å². The average Bonchev–Trinajstić information content (AvgIpc) is 2.91. The first-order valence-corrected chi connectivity index (χ1v) is 6.90. The molecule has 1 heterocycles. The Bertz CT molecular complexity index is 804. The third kappa shape index (κ3) is 3.17. The number of carbonyl (C=O) groups is 1. The molecule has 3 rings (SSSR count). The zero-order valence-electron chi connectivity index (χ0n) is 12.1. The van der Waals surface area contributed by atoms with Gasteiger partial charge in [-0.2, -0.15) is 20.1 Å². The van der Waals surface area contributed by atoms with Gasteiger partial charge in [0, 0.05) is 0 Å². The highest BCUT2D eigenvalue weighted by Gasteiger charge is 2.06. The molecule has 0 saturated carbocycles. The predicted molar refractivity (Wildman–Crippen MR) is 84.4 cm³/mol. The van der Waals surface area contributed by atoms with E-state index in [2.05, 4.69) is 20.7 Å². The first kappa shape index (κ1) is 13.9. The van der Waals surface area contributed by atoms with Crippen LogP contribution >= 0.6 is 0 Å². The highest BCUT2D eigenvalue weighted by molar-refractivity contribution is 5.83. The van der Waals surface area contributed by atoms with Gasteiger partial charge in [0.15, 0.2) is 0 Å². The molecule has 22 heavy (non-hydrogen) atoms. The van der Waals surface area contributed by atoms with Gasteiger partial charge >= 0.3 is 0 Å². The Labute approximate surface area is 127 Å². The number of hydrazone groups is 1. The summed E-state index contributed by atoms with van der Waals surface area (Å²) in [4.78, 5) is 13.2. The van der Waals surface area contributed by atoms with Crippen molar-refractivity contribution in [3.8, 4) is 0 Å². The molecule has 0 aliphatic heterocycles. The molecule has 0 spiro atoms. The van der Waals surface area contributed by atoms with Gasteiger partial charge < -0.3 is 0 Å². The second-order valence-corrected chi connectivity index (χ2v) is 4.87. The van der Waals surface area contributed by atoms with Crippen molar-refractivity contribution in [2.75, 3.05) is 0 Å². The Balaban J connectivity index is 1.62. The summed E-state index contributed by atoms with van der Waals surface area (Å²) in [7, 11) is 0. The number of hydrogen-bond donors (Lipinski definition) is 1. The number of fused-ring (bicyclic) bond motifs is 1. The Morgan fingerprint density at radius 3 is 2.45 bits per heavy atom. The maximum Gasteiger partial charge on any atom is 0.263 e. The van der Waals surface area contributed by atoms with E-state index in [0.29, 0.717) is 0 Å². The van der Waals surface area contributed by atoms with Crippen LogP contribution in [0, 0.1) is 6.92 Å². The monoisotopic (exact) mass is 293 g/mol. The first-order chi connectivity index (χ1) is 10.7. The fourth-order valence-electron chi connectivity index (χ4n) is 2.04. The lowest BCUT2D eigenvalue weighted by molar-refractivity contribution is -0.122. The van der Waals surface area contributed by atoms with E-state index in [4.69, 9.17) is 0 Å². The van der Waals surface area contributed by atoms with Gasteiger partial charge in [0.25, 0.3) is 5.91 Å². The molecule has 0 radical (unpaired) electrons. The molecule has 6 nitrogen and oxygen atoms in total. The van der Waals surface area contributed by atoms with Gasteiger partial charge in [-0.1, -0.05) is 36.4 Å². The van der Waals surface area contributed by atoms with E-state index in [1.807, 2.05) is 55.5 Å². The van der Waals surface area contributed by atoms with Crippen molar-refractivity contribution in [1.82, 2.24) is 20.4 Å². The topological polar surface area (TPSA) is 72.2 Å². The van der Waals surface area contributed by atoms with Crippen LogP contribution in [0.15, 0.2) is 53.6 Å². The third-order valence-electron chi connectivity index (χ3n) is 3.19. The van der Waals surface area contributed by atoms with Crippen LogP contribution in [0.1, 0.15) is 11.1 Å². The van der Waals surface area contributed by atoms with Crippen LogP contribution in [0.5, 0.6) is 0 Å². The second-order valence-electron chi connectivity index (χ2n) is 4.87. The van der Waals surface area contributed by atoms with Gasteiger partial charge in [-0.3, -0.25) is 4.79 Å². The van der Waals surface area contributed by atoms with Crippen molar-refractivity contribution in [3.63, 3.8) is 0 Å². The molecule has 0 aliphatic carbocycles. The zero-order chi connectivity index (χ0) is 15.4. The molecular weight excluding hydrogens is 278 g/mol. The van der Waals surface area contributed by atoms with Gasteiger partial charge in [0.05, 0.1) is 6.21 Å². The van der Waals surface area contributed by atoms with E-state index in [1.54, 1.807) is 6.21 Å². The number of benzene rings is 2. The van der Waals surface area contributed by atoms with E-state index < -0.39 is 0 Å². The standard InChI is InChI=1S/C16H15N5O/c1-12-6-2-3-7-13(12)10-17-18-16(22)11-21-19-14-8-4-5-9-15(14)20-21/h2-10H,11H2,1H3,(H,18,22). The molecule has 0 fully saturated rings. The summed E-state index contributed by atoms with van der Waals surface area (Å²) in [5.74, 6) is -0.273. The molecule has 1 N–H and O–H groups in total. The van der Waals surface area contributed by atoms with Gasteiger partial charge in [-0.05, 0) is 30.2 Å². The summed E-state index contributed by atoms with van der Waals surface area (Å²) >= 11 is 0. The van der Waals surface area contributed by atoms with Crippen LogP contribution in [-0.2, 0) is 11.3 Å². The number of rotatable bonds is 4. The fraction of sp³-hybridized carbons (Fsp3) is 0.125. The number of nitrogens with one attached hydrogen (secondary N) is 1. The lowest BCUT2D eigenvalue weighted by atomic mass is 10.1. The number of nitrogens with zero attached hydrogens (tertiary/aromatic N) is 4. The van der Waals surface area contributed by atoms with Crippen molar-refractivity contribution < 1.29 is 4.79 Å². The normalized spacial score (nSPS) is 11.1. The summed E-state index contributed by atoms with van der Waals surface area (Å²) in [5.41, 5.74) is 6.07. The van der Waals surface area contributed by atoms with Crippen LogP contribution in [0.2, 0.25) is 0 Å². The molecule has 6 heteroatoms. The lowest BCUT2D eigenvalue weighted by Gasteiger charge is -2.00. The summed E-state index contributed by atoms with van der Waals surface area (Å²) in [5, 5.41) is 12.4. The summed E-state index contributed by atoms with van der Waals surface area (Å²) in [6.07, 6.45) is 1.63. The van der Waals surface area contributed by atoms with Crippen LogP contribution in [-0.4, -0.2) is 27.1 Å². The molecule has 0 bridgehead atoms. The Kier molecular flexibility index (Phi) is 3.91. The molecule has 1 amide bonds. The highest BCUT2D eigenvalue weighted by Crippen LogP contribution is 2.06. The van der Waals surface area contributed by atoms with Crippen LogP contribution in [0.25, 0.3) is 11.0 Å². The average molecular weight is 293 g/mol. The SMILES string of the molecule is Cc1ccccc1C=NNC(=O)Cn1nc2ccccc2n1. The van der Waals surface area contributed by atoms with Crippen molar-refractivity contribution >= 4 is 23.2 Å². The Morgan fingerprint density at radius 1 is 1.14 bits per heavy atom. The Hall–Kier alpha value is -3.02. The summed E-state index contributed by atoms with van der Waals surface area (Å²) in [6, 6.07) is 15.3. The minimum atomic E-state index is -0.273. The molecule has 110 valence electrons. The zero-order valence-corrected chi connectivity index (χ0v) is 12.1. The molecule has 2 aromatic carbocycles. The smallest absolute Gasteiger partial charge is 0.263 e. The quantitative estimate of drug-likeness (QED) is 0.590. The minimum Gasteiger partial charge on any atom is -0.271 e. The van der Waals surface area contributed by atoms with E-state index in [0.717, 1.165) is 22.2 Å². The van der Waals surface area contributed by atoms with Crippen LogP contribution < -0.4 is 5.43 Å². The number of aromatic nitrogens is 3. The fourth-order valence-corrected chi connectivity index (χ4v) is 2.04. The largest absolute Gasteiger partial charge is 0.271 e. The van der Waals surface area contributed by atoms with Gasteiger partial charge in [0.2, 0.25) is 0 Å². The van der Waals surface area contributed by atoms with Crippen LogP contribution in [0.4, 0.5) is 0 Å². The van der Waals surface area contributed by atoms with Gasteiger partial charge in [-0.25, -0.2) is 5.43 Å². The van der Waals surface area contributed by atoms with Gasteiger partial charge in [0.1, 0.15) is 17.6 Å². The molecule has 0 atom stereocenters. The van der Waals surface area contributed by atoms with E-state index in [1.165, 1.54) is 4.80 Å². The number of hydrogen-bond acceptors (Lipinski definition) is 4. The lowest BCUT2D eigenvalue weighted by Crippen LogP contribution is -2.24. The maximum atomic E-state index is 11.8. The first-order valence-electron chi connectivity index (χ1n) is 6.90. The van der Waals surface area contributed by atoms with Crippen molar-refractivity contribution in [1.29, 1.82) is 0 Å². The summed E-state index contributed by atoms with van der Waals surface area (Å²) in [6.45, 7) is 2.02. The predicted octanol–water partition coefficient (Wildman–Crippen LogP) is 1.89. The molecule has 0 unspecified atom stereocenters. The molecular formula is C16H15N5O. The second kappa shape index (κ2) is 6.17. The molecule has 0 saturated heterocycles. The van der Waals surface area contributed by atoms with E-state index in [-0.39, 0.29) is 12.5 Å². The summed E-state index contributed by atoms with van der Waals surface area (Å²) < 4.78 is 0. The molecule has 0 aliphatic rings. The van der Waals surface area contributed by atoms with E-state index >= 15 is 0 Å². The minimum absolute atomic E-state index is 0.0276. The molecule has 1 aromatic heterocycles. The number of amides is 1. The molecule has 3 aromatic rings. The number of carbonyl (C=O) groups excluding carboxylic acids is 1. The maximum absolute atomic E-state index is 11.8. The third-order valence-corrected chi connectivity index (χ3v) is 3.19. The highest BCUT2D eigenvalue weighted by atomic mass is 16.2.